The molecule has 0 spiro atoms. The summed E-state index contributed by atoms with van der Waals surface area (Å²) in [5.41, 5.74) is 7.27. The molecule has 0 radical (unpaired) electrons. The number of fused-ring (bicyclic) bond motifs is 2. The SMILES string of the molecule is CCCCc1nc2cccc(-c3nc4cc(C(=O)OC)ccc4n3CCC3=CCCCC3)c2n1CCCC. The van der Waals surface area contributed by atoms with Crippen LogP contribution in [0.3, 0.4) is 0 Å². The lowest BCUT2D eigenvalue weighted by Crippen LogP contribution is -2.07. The molecular weight excluding hydrogens is 472 g/mol. The van der Waals surface area contributed by atoms with Gasteiger partial charge in [-0.2, -0.15) is 0 Å². The molecule has 0 saturated heterocycles. The summed E-state index contributed by atoms with van der Waals surface area (Å²) in [5, 5.41) is 0. The normalized spacial score (nSPS) is 13.8. The average Bonchev–Trinajstić information content (AvgIpc) is 3.51. The van der Waals surface area contributed by atoms with Gasteiger partial charge in [0.1, 0.15) is 11.6 Å². The highest BCUT2D eigenvalue weighted by Crippen LogP contribution is 2.34. The van der Waals surface area contributed by atoms with Crippen molar-refractivity contribution in [3.05, 3.63) is 59.4 Å². The van der Waals surface area contributed by atoms with Crippen LogP contribution in [0.4, 0.5) is 0 Å². The van der Waals surface area contributed by atoms with Crippen LogP contribution < -0.4 is 0 Å². The Morgan fingerprint density at radius 1 is 0.947 bits per heavy atom. The number of carbonyl (C=O) groups is 1. The van der Waals surface area contributed by atoms with Gasteiger partial charge < -0.3 is 13.9 Å². The van der Waals surface area contributed by atoms with E-state index in [1.54, 1.807) is 5.57 Å². The molecular formula is C32H40N4O2. The average molecular weight is 513 g/mol. The van der Waals surface area contributed by atoms with Gasteiger partial charge >= 0.3 is 5.97 Å². The Hall–Kier alpha value is -3.41. The molecule has 200 valence electrons. The van der Waals surface area contributed by atoms with Crippen LogP contribution in [-0.2, 0) is 24.2 Å². The number of nitrogens with zero attached hydrogens (tertiary/aromatic N) is 4. The third-order valence-corrected chi connectivity index (χ3v) is 7.79. The molecule has 0 amide bonds. The van der Waals surface area contributed by atoms with Gasteiger partial charge in [0.05, 0.1) is 34.7 Å². The Bertz CT molecular complexity index is 1460. The molecule has 38 heavy (non-hydrogen) atoms. The second kappa shape index (κ2) is 12.0. The van der Waals surface area contributed by atoms with Crippen molar-refractivity contribution >= 4 is 28.0 Å². The van der Waals surface area contributed by atoms with Crippen molar-refractivity contribution in [1.29, 1.82) is 0 Å². The summed E-state index contributed by atoms with van der Waals surface area (Å²) < 4.78 is 9.78. The van der Waals surface area contributed by atoms with Gasteiger partial charge in [-0.05, 0) is 75.3 Å². The van der Waals surface area contributed by atoms with E-state index in [2.05, 4.69) is 47.3 Å². The fourth-order valence-electron chi connectivity index (χ4n) is 5.69. The summed E-state index contributed by atoms with van der Waals surface area (Å²) in [5.74, 6) is 1.78. The van der Waals surface area contributed by atoms with Crippen molar-refractivity contribution in [2.24, 2.45) is 0 Å². The summed E-state index contributed by atoms with van der Waals surface area (Å²) in [4.78, 5) is 22.5. The summed E-state index contributed by atoms with van der Waals surface area (Å²) in [6.45, 7) is 6.29. The van der Waals surface area contributed by atoms with E-state index in [4.69, 9.17) is 14.7 Å². The van der Waals surface area contributed by atoms with E-state index in [9.17, 15) is 4.79 Å². The number of unbranched alkanes of at least 4 members (excludes halogenated alkanes) is 2. The first-order chi connectivity index (χ1) is 18.6. The minimum Gasteiger partial charge on any atom is -0.465 e. The van der Waals surface area contributed by atoms with E-state index in [0.717, 1.165) is 79.6 Å². The molecule has 0 aliphatic heterocycles. The highest BCUT2D eigenvalue weighted by atomic mass is 16.5. The van der Waals surface area contributed by atoms with Crippen molar-refractivity contribution in [3.63, 3.8) is 0 Å². The quantitative estimate of drug-likeness (QED) is 0.151. The van der Waals surface area contributed by atoms with Crippen molar-refractivity contribution in [2.75, 3.05) is 7.11 Å². The first-order valence-corrected chi connectivity index (χ1v) is 14.4. The topological polar surface area (TPSA) is 61.9 Å². The zero-order valence-electron chi connectivity index (χ0n) is 23.1. The summed E-state index contributed by atoms with van der Waals surface area (Å²) in [7, 11) is 1.42. The second-order valence-corrected chi connectivity index (χ2v) is 10.5. The number of carbonyl (C=O) groups excluding carboxylic acids is 1. The maximum atomic E-state index is 12.3. The minimum atomic E-state index is -0.337. The fraction of sp³-hybridized carbons (Fsp3) is 0.469. The smallest absolute Gasteiger partial charge is 0.337 e. The Balaban J connectivity index is 1.67. The summed E-state index contributed by atoms with van der Waals surface area (Å²) >= 11 is 0. The maximum absolute atomic E-state index is 12.3. The number of aryl methyl sites for hydroxylation is 3. The molecule has 0 bridgehead atoms. The molecule has 6 nitrogen and oxygen atoms in total. The van der Waals surface area contributed by atoms with E-state index < -0.39 is 0 Å². The van der Waals surface area contributed by atoms with Crippen LogP contribution in [0.5, 0.6) is 0 Å². The summed E-state index contributed by atoms with van der Waals surface area (Å²) in [6.07, 6.45) is 13.9. The van der Waals surface area contributed by atoms with E-state index in [-0.39, 0.29) is 5.97 Å². The molecule has 2 aromatic heterocycles. The third kappa shape index (κ3) is 5.27. The number of benzene rings is 2. The Morgan fingerprint density at radius 3 is 2.58 bits per heavy atom. The number of ether oxygens (including phenoxy) is 1. The molecule has 4 aromatic rings. The van der Waals surface area contributed by atoms with Crippen LogP contribution >= 0.6 is 0 Å². The van der Waals surface area contributed by atoms with E-state index in [1.165, 1.54) is 44.1 Å². The van der Waals surface area contributed by atoms with E-state index >= 15 is 0 Å². The summed E-state index contributed by atoms with van der Waals surface area (Å²) in [6, 6.07) is 12.2. The van der Waals surface area contributed by atoms with Gasteiger partial charge in [-0.15, -0.1) is 0 Å². The van der Waals surface area contributed by atoms with Crippen molar-refractivity contribution < 1.29 is 9.53 Å². The van der Waals surface area contributed by atoms with Crippen LogP contribution in [0.1, 0.15) is 87.8 Å². The van der Waals surface area contributed by atoms with Gasteiger partial charge in [-0.25, -0.2) is 14.8 Å². The number of hydrogen-bond acceptors (Lipinski definition) is 4. The van der Waals surface area contributed by atoms with E-state index in [1.807, 2.05) is 18.2 Å². The van der Waals surface area contributed by atoms with Crippen LogP contribution in [0.25, 0.3) is 33.5 Å². The lowest BCUT2D eigenvalue weighted by atomic mass is 9.97. The largest absolute Gasteiger partial charge is 0.465 e. The van der Waals surface area contributed by atoms with Crippen molar-refractivity contribution in [3.8, 4) is 11.4 Å². The van der Waals surface area contributed by atoms with Crippen LogP contribution in [-0.4, -0.2) is 32.2 Å². The maximum Gasteiger partial charge on any atom is 0.337 e. The van der Waals surface area contributed by atoms with Gasteiger partial charge in [0.25, 0.3) is 0 Å². The zero-order chi connectivity index (χ0) is 26.5. The monoisotopic (exact) mass is 512 g/mol. The van der Waals surface area contributed by atoms with Crippen molar-refractivity contribution in [1.82, 2.24) is 19.1 Å². The molecule has 1 aliphatic rings. The molecule has 2 heterocycles. The molecule has 0 saturated carbocycles. The van der Waals surface area contributed by atoms with Gasteiger partial charge in [-0.1, -0.05) is 44.4 Å². The predicted molar refractivity (Wildman–Crippen MR) is 154 cm³/mol. The molecule has 0 unspecified atom stereocenters. The molecule has 0 fully saturated rings. The van der Waals surface area contributed by atoms with Crippen molar-refractivity contribution in [2.45, 2.75) is 91.1 Å². The van der Waals surface area contributed by atoms with Gasteiger partial charge in [0.15, 0.2) is 0 Å². The molecule has 0 atom stereocenters. The van der Waals surface area contributed by atoms with E-state index in [0.29, 0.717) is 5.56 Å². The van der Waals surface area contributed by atoms with Gasteiger partial charge in [-0.3, -0.25) is 0 Å². The number of para-hydroxylation sites is 1. The first kappa shape index (κ1) is 26.2. The number of hydrogen-bond donors (Lipinski definition) is 0. The molecule has 2 aromatic carbocycles. The minimum absolute atomic E-state index is 0.337. The highest BCUT2D eigenvalue weighted by molar-refractivity contribution is 5.96. The second-order valence-electron chi connectivity index (χ2n) is 10.5. The zero-order valence-corrected chi connectivity index (χ0v) is 23.1. The lowest BCUT2D eigenvalue weighted by molar-refractivity contribution is 0.0601. The lowest BCUT2D eigenvalue weighted by Gasteiger charge is -2.16. The number of aromatic nitrogens is 4. The molecule has 0 N–H and O–H groups in total. The first-order valence-electron chi connectivity index (χ1n) is 14.4. The van der Waals surface area contributed by atoms with Gasteiger partial charge in [0.2, 0.25) is 0 Å². The van der Waals surface area contributed by atoms with Crippen LogP contribution in [0.15, 0.2) is 48.0 Å². The molecule has 1 aliphatic carbocycles. The number of imidazole rings is 2. The Morgan fingerprint density at radius 2 is 1.82 bits per heavy atom. The molecule has 6 heteroatoms. The van der Waals surface area contributed by atoms with Crippen LogP contribution in [0, 0.1) is 0 Å². The Kier molecular flexibility index (Phi) is 8.26. The third-order valence-electron chi connectivity index (χ3n) is 7.79. The number of methoxy groups -OCH3 is 1. The number of rotatable bonds is 11. The molecule has 5 rings (SSSR count). The number of esters is 1. The van der Waals surface area contributed by atoms with Gasteiger partial charge in [0, 0.05) is 25.1 Å². The standard InChI is InChI=1S/C32H40N4O2/c1-4-6-16-29-33-26-15-11-14-25(30(26)36(29)20-7-5-2)31-34-27-22-24(32(37)38-3)17-18-28(27)35(31)21-19-23-12-9-8-10-13-23/h11-12,14-15,17-18,22H,4-10,13,16,19-21H2,1-3H3. The Labute approximate surface area is 225 Å². The number of allylic oxidation sites excluding steroid dienone is 2. The fourth-order valence-corrected chi connectivity index (χ4v) is 5.69. The predicted octanol–water partition coefficient (Wildman–Crippen LogP) is 7.87. The highest BCUT2D eigenvalue weighted by Gasteiger charge is 2.21. The van der Waals surface area contributed by atoms with Crippen LogP contribution in [0.2, 0.25) is 0 Å².